The average Bonchev–Trinajstić information content (AvgIpc) is 3.31. The van der Waals surface area contributed by atoms with E-state index in [1.807, 2.05) is 21.0 Å². The van der Waals surface area contributed by atoms with Crippen molar-refractivity contribution in [2.45, 2.75) is 65.0 Å². The highest BCUT2D eigenvalue weighted by Crippen LogP contribution is 2.38. The lowest BCUT2D eigenvalue weighted by Crippen LogP contribution is -2.49. The van der Waals surface area contributed by atoms with E-state index < -0.39 is 0 Å². The van der Waals surface area contributed by atoms with Gasteiger partial charge in [-0.05, 0) is 32.6 Å². The molecule has 9 heteroatoms. The molecule has 1 aliphatic heterocycles. The van der Waals surface area contributed by atoms with Crippen LogP contribution in [0.2, 0.25) is 0 Å². The van der Waals surface area contributed by atoms with Gasteiger partial charge in [0.1, 0.15) is 12.4 Å². The first kappa shape index (κ1) is 22.9. The Morgan fingerprint density at radius 1 is 1.18 bits per heavy atom. The molecule has 2 aliphatic rings. The van der Waals surface area contributed by atoms with E-state index >= 15 is 0 Å². The molecule has 1 fully saturated rings. The Bertz CT molecular complexity index is 680. The molecule has 0 saturated heterocycles. The van der Waals surface area contributed by atoms with Crippen molar-refractivity contribution in [2.75, 3.05) is 27.2 Å². The molecular weight excluding hydrogens is 469 g/mol. The predicted molar refractivity (Wildman–Crippen MR) is 121 cm³/mol. The van der Waals surface area contributed by atoms with E-state index in [-0.39, 0.29) is 35.3 Å². The van der Waals surface area contributed by atoms with Crippen LogP contribution < -0.4 is 10.6 Å². The highest BCUT2D eigenvalue weighted by molar-refractivity contribution is 14.0. The molecule has 1 amide bonds. The quantitative estimate of drug-likeness (QED) is 0.352. The molecule has 0 aromatic carbocycles. The van der Waals surface area contributed by atoms with Gasteiger partial charge in [0.2, 0.25) is 5.91 Å². The van der Waals surface area contributed by atoms with E-state index in [4.69, 9.17) is 4.99 Å². The summed E-state index contributed by atoms with van der Waals surface area (Å²) in [7, 11) is 3.69. The van der Waals surface area contributed by atoms with Gasteiger partial charge in [-0.25, -0.2) is 4.99 Å². The molecule has 2 heterocycles. The number of hydrogen-bond acceptors (Lipinski definition) is 4. The molecule has 8 nitrogen and oxygen atoms in total. The second-order valence-corrected chi connectivity index (χ2v) is 7.88. The SMILES string of the molecule is CCNC(=NCc1nnc2n1CCCC2)NCC1(C(=O)N(C)C)CCCC1.I. The standard InChI is InChI=1S/C19H33N7O.HI/c1-4-20-18(21-13-16-24-23-15-9-5-8-12-26(15)16)22-14-19(10-6-7-11-19)17(27)25(2)3;/h4-14H2,1-3H3,(H2,20,21,22);1H. The number of nitrogens with one attached hydrogen (secondary N) is 2. The van der Waals surface area contributed by atoms with Crippen LogP contribution in [0, 0.1) is 5.41 Å². The van der Waals surface area contributed by atoms with Crippen LogP contribution >= 0.6 is 24.0 Å². The molecule has 0 spiro atoms. The van der Waals surface area contributed by atoms with Crippen LogP contribution in [0.15, 0.2) is 4.99 Å². The average molecular weight is 503 g/mol. The summed E-state index contributed by atoms with van der Waals surface area (Å²) in [4.78, 5) is 19.2. The van der Waals surface area contributed by atoms with Gasteiger partial charge in [0.05, 0.1) is 5.41 Å². The molecule has 1 saturated carbocycles. The molecule has 1 aromatic rings. The van der Waals surface area contributed by atoms with Crippen LogP contribution in [0.4, 0.5) is 0 Å². The van der Waals surface area contributed by atoms with E-state index in [0.717, 1.165) is 62.8 Å². The van der Waals surface area contributed by atoms with Gasteiger partial charge in [-0.3, -0.25) is 4.79 Å². The summed E-state index contributed by atoms with van der Waals surface area (Å²) in [5.74, 6) is 2.95. The lowest BCUT2D eigenvalue weighted by atomic mass is 9.84. The topological polar surface area (TPSA) is 87.4 Å². The first-order chi connectivity index (χ1) is 13.1. The minimum Gasteiger partial charge on any atom is -0.357 e. The molecular formula is C19H34IN7O. The fraction of sp³-hybridized carbons (Fsp3) is 0.789. The second kappa shape index (κ2) is 10.4. The first-order valence-electron chi connectivity index (χ1n) is 10.2. The molecule has 1 aromatic heterocycles. The number of rotatable bonds is 6. The molecule has 0 atom stereocenters. The second-order valence-electron chi connectivity index (χ2n) is 7.88. The van der Waals surface area contributed by atoms with Crippen molar-refractivity contribution in [1.29, 1.82) is 0 Å². The fourth-order valence-corrected chi connectivity index (χ4v) is 4.22. The van der Waals surface area contributed by atoms with E-state index in [9.17, 15) is 4.79 Å². The zero-order valence-electron chi connectivity index (χ0n) is 17.3. The molecule has 0 unspecified atom stereocenters. The van der Waals surface area contributed by atoms with Crippen molar-refractivity contribution in [2.24, 2.45) is 10.4 Å². The smallest absolute Gasteiger partial charge is 0.230 e. The molecule has 28 heavy (non-hydrogen) atoms. The Balaban J connectivity index is 0.00000280. The number of amides is 1. The lowest BCUT2D eigenvalue weighted by molar-refractivity contribution is -0.138. The Morgan fingerprint density at radius 2 is 1.93 bits per heavy atom. The van der Waals surface area contributed by atoms with E-state index in [0.29, 0.717) is 13.1 Å². The van der Waals surface area contributed by atoms with Crippen LogP contribution in [0.5, 0.6) is 0 Å². The van der Waals surface area contributed by atoms with Gasteiger partial charge in [-0.2, -0.15) is 0 Å². The summed E-state index contributed by atoms with van der Waals surface area (Å²) in [6, 6.07) is 0. The Morgan fingerprint density at radius 3 is 2.61 bits per heavy atom. The summed E-state index contributed by atoms with van der Waals surface area (Å²) in [5, 5.41) is 15.3. The van der Waals surface area contributed by atoms with Crippen molar-refractivity contribution < 1.29 is 4.79 Å². The maximum atomic E-state index is 12.7. The Kier molecular flexibility index (Phi) is 8.51. The largest absolute Gasteiger partial charge is 0.357 e. The highest BCUT2D eigenvalue weighted by Gasteiger charge is 2.42. The van der Waals surface area contributed by atoms with Gasteiger partial charge in [0.25, 0.3) is 0 Å². The fourth-order valence-electron chi connectivity index (χ4n) is 4.22. The maximum Gasteiger partial charge on any atom is 0.230 e. The van der Waals surface area contributed by atoms with Gasteiger partial charge in [-0.15, -0.1) is 34.2 Å². The molecule has 158 valence electrons. The Hall–Kier alpha value is -1.39. The Labute approximate surface area is 185 Å². The van der Waals surface area contributed by atoms with Gasteiger partial charge in [0, 0.05) is 40.2 Å². The number of hydrogen-bond donors (Lipinski definition) is 2. The van der Waals surface area contributed by atoms with Crippen LogP contribution in [-0.2, 0) is 24.3 Å². The maximum absolute atomic E-state index is 12.7. The number of aliphatic imine (C=N–C) groups is 1. The molecule has 1 aliphatic carbocycles. The van der Waals surface area contributed by atoms with Crippen molar-refractivity contribution in [3.05, 3.63) is 11.6 Å². The van der Waals surface area contributed by atoms with Gasteiger partial charge >= 0.3 is 0 Å². The summed E-state index contributed by atoms with van der Waals surface area (Å²) in [5.41, 5.74) is -0.312. The summed E-state index contributed by atoms with van der Waals surface area (Å²) in [6.45, 7) is 4.92. The predicted octanol–water partition coefficient (Wildman–Crippen LogP) is 1.94. The molecule has 3 rings (SSSR count). The third kappa shape index (κ3) is 5.15. The van der Waals surface area contributed by atoms with Crippen LogP contribution in [-0.4, -0.2) is 58.7 Å². The lowest BCUT2D eigenvalue weighted by Gasteiger charge is -2.31. The number of aromatic nitrogens is 3. The zero-order chi connectivity index (χ0) is 19.3. The van der Waals surface area contributed by atoms with E-state index in [2.05, 4.69) is 25.4 Å². The monoisotopic (exact) mass is 503 g/mol. The first-order valence-corrected chi connectivity index (χ1v) is 10.2. The number of fused-ring (bicyclic) bond motifs is 1. The highest BCUT2D eigenvalue weighted by atomic mass is 127. The molecule has 0 radical (unpaired) electrons. The van der Waals surface area contributed by atoms with Gasteiger partial charge in [-0.1, -0.05) is 12.8 Å². The number of aryl methyl sites for hydroxylation is 1. The molecule has 2 N–H and O–H groups in total. The number of carbonyl (C=O) groups excluding carboxylic acids is 1. The third-order valence-electron chi connectivity index (χ3n) is 5.67. The summed E-state index contributed by atoms with van der Waals surface area (Å²) >= 11 is 0. The zero-order valence-corrected chi connectivity index (χ0v) is 19.7. The number of guanidine groups is 1. The third-order valence-corrected chi connectivity index (χ3v) is 5.67. The van der Waals surface area contributed by atoms with E-state index in [1.54, 1.807) is 4.90 Å². The van der Waals surface area contributed by atoms with Crippen LogP contribution in [0.25, 0.3) is 0 Å². The van der Waals surface area contributed by atoms with Gasteiger partial charge < -0.3 is 20.1 Å². The van der Waals surface area contributed by atoms with Gasteiger partial charge in [0.15, 0.2) is 11.8 Å². The minimum atomic E-state index is -0.312. The van der Waals surface area contributed by atoms with Crippen LogP contribution in [0.1, 0.15) is 57.1 Å². The van der Waals surface area contributed by atoms with E-state index in [1.165, 1.54) is 12.8 Å². The number of halogens is 1. The summed E-state index contributed by atoms with van der Waals surface area (Å²) < 4.78 is 2.20. The van der Waals surface area contributed by atoms with Crippen molar-refractivity contribution >= 4 is 35.8 Å². The molecule has 0 bridgehead atoms. The number of nitrogens with zero attached hydrogens (tertiary/aromatic N) is 5. The van der Waals surface area contributed by atoms with Crippen molar-refractivity contribution in [3.63, 3.8) is 0 Å². The number of carbonyl (C=O) groups is 1. The normalized spacial score (nSPS) is 18.2. The summed E-state index contributed by atoms with van der Waals surface area (Å²) in [6.07, 6.45) is 7.47. The van der Waals surface area contributed by atoms with Crippen LogP contribution in [0.3, 0.4) is 0 Å². The minimum absolute atomic E-state index is 0. The van der Waals surface area contributed by atoms with Crippen molar-refractivity contribution in [3.8, 4) is 0 Å². The van der Waals surface area contributed by atoms with Crippen molar-refractivity contribution in [1.82, 2.24) is 30.3 Å².